The Bertz CT molecular complexity index is 445. The first-order valence-corrected chi connectivity index (χ1v) is 6.97. The van der Waals surface area contributed by atoms with E-state index in [0.29, 0.717) is 26.1 Å². The first kappa shape index (κ1) is 16.9. The van der Waals surface area contributed by atoms with Crippen molar-refractivity contribution in [2.24, 2.45) is 5.41 Å². The zero-order chi connectivity index (χ0) is 15.7. The highest BCUT2D eigenvalue weighted by atomic mass is 16.4. The Morgan fingerprint density at radius 2 is 1.95 bits per heavy atom. The lowest BCUT2D eigenvalue weighted by Gasteiger charge is -2.23. The molecule has 0 spiro atoms. The highest BCUT2D eigenvalue weighted by molar-refractivity contribution is 5.73. The number of hydrogen-bond donors (Lipinski definition) is 3. The average Bonchev–Trinajstić information content (AvgIpc) is 2.89. The summed E-state index contributed by atoms with van der Waals surface area (Å²) in [6.07, 6.45) is 4.79. The van der Waals surface area contributed by atoms with E-state index in [1.165, 1.54) is 0 Å². The molecule has 8 nitrogen and oxygen atoms in total. The third-order valence-corrected chi connectivity index (χ3v) is 3.20. The number of urea groups is 1. The van der Waals surface area contributed by atoms with Gasteiger partial charge in [-0.2, -0.15) is 0 Å². The number of aromatic nitrogens is 3. The first-order valence-electron chi connectivity index (χ1n) is 6.97. The number of aliphatic carboxylic acids is 1. The molecule has 0 bridgehead atoms. The molecule has 1 rings (SSSR count). The lowest BCUT2D eigenvalue weighted by Crippen LogP contribution is -2.38. The summed E-state index contributed by atoms with van der Waals surface area (Å²) in [4.78, 5) is 22.1. The molecule has 0 aromatic carbocycles. The Labute approximate surface area is 123 Å². The topological polar surface area (TPSA) is 109 Å². The fraction of sp³-hybridized carbons (Fsp3) is 0.692. The second-order valence-electron chi connectivity index (χ2n) is 5.66. The van der Waals surface area contributed by atoms with Gasteiger partial charge in [-0.1, -0.05) is 19.1 Å². The molecule has 1 aromatic heterocycles. The number of carbonyl (C=O) groups is 2. The summed E-state index contributed by atoms with van der Waals surface area (Å²) in [6, 6.07) is -0.232. The van der Waals surface area contributed by atoms with Crippen LogP contribution in [-0.4, -0.2) is 45.2 Å². The Balaban J connectivity index is 2.10. The van der Waals surface area contributed by atoms with Crippen molar-refractivity contribution in [1.29, 1.82) is 0 Å². The van der Waals surface area contributed by atoms with Gasteiger partial charge in [-0.25, -0.2) is 4.79 Å². The van der Waals surface area contributed by atoms with E-state index >= 15 is 0 Å². The molecule has 0 aliphatic rings. The molecule has 0 radical (unpaired) electrons. The summed E-state index contributed by atoms with van der Waals surface area (Å²) in [5, 5.41) is 21.6. The smallest absolute Gasteiger partial charge is 0.314 e. The van der Waals surface area contributed by atoms with Crippen LogP contribution in [0.25, 0.3) is 0 Å². The second-order valence-corrected chi connectivity index (χ2v) is 5.66. The van der Waals surface area contributed by atoms with E-state index in [-0.39, 0.29) is 17.9 Å². The van der Waals surface area contributed by atoms with Crippen LogP contribution >= 0.6 is 0 Å². The number of carboxylic acids is 1. The standard InChI is InChI=1S/C13H23N5O3/c1-13(2,4-3-11(19)20)5-6-14-12(21)15-7-9-18-10-8-16-17-18/h8,10H,3-7,9H2,1-2H3,(H,19,20)(H2,14,15,21). The average molecular weight is 297 g/mol. The predicted molar refractivity (Wildman–Crippen MR) is 76.7 cm³/mol. The van der Waals surface area contributed by atoms with Gasteiger partial charge < -0.3 is 15.7 Å². The van der Waals surface area contributed by atoms with Crippen molar-refractivity contribution in [3.63, 3.8) is 0 Å². The molecule has 1 aromatic rings. The molecular weight excluding hydrogens is 274 g/mol. The largest absolute Gasteiger partial charge is 0.481 e. The van der Waals surface area contributed by atoms with Crippen molar-refractivity contribution in [2.75, 3.05) is 13.1 Å². The summed E-state index contributed by atoms with van der Waals surface area (Å²) in [7, 11) is 0. The highest BCUT2D eigenvalue weighted by Crippen LogP contribution is 2.25. The molecule has 0 atom stereocenters. The number of rotatable bonds is 9. The van der Waals surface area contributed by atoms with Crippen molar-refractivity contribution in [1.82, 2.24) is 25.6 Å². The Morgan fingerprint density at radius 1 is 1.24 bits per heavy atom. The highest BCUT2D eigenvalue weighted by Gasteiger charge is 2.19. The molecule has 8 heteroatoms. The molecule has 2 amide bonds. The van der Waals surface area contributed by atoms with Gasteiger partial charge in [-0.05, 0) is 18.3 Å². The van der Waals surface area contributed by atoms with E-state index in [4.69, 9.17) is 5.11 Å². The van der Waals surface area contributed by atoms with Crippen molar-refractivity contribution in [3.8, 4) is 0 Å². The van der Waals surface area contributed by atoms with Crippen LogP contribution < -0.4 is 10.6 Å². The minimum absolute atomic E-state index is 0.105. The number of nitrogens with one attached hydrogen (secondary N) is 2. The van der Waals surface area contributed by atoms with Gasteiger partial charge in [0.05, 0.1) is 12.7 Å². The van der Waals surface area contributed by atoms with E-state index in [2.05, 4.69) is 20.9 Å². The van der Waals surface area contributed by atoms with Crippen LogP contribution in [-0.2, 0) is 11.3 Å². The van der Waals surface area contributed by atoms with Crippen molar-refractivity contribution in [3.05, 3.63) is 12.4 Å². The maximum Gasteiger partial charge on any atom is 0.314 e. The molecule has 1 heterocycles. The molecule has 0 aliphatic carbocycles. The van der Waals surface area contributed by atoms with Crippen LogP contribution in [0.5, 0.6) is 0 Å². The van der Waals surface area contributed by atoms with E-state index in [9.17, 15) is 9.59 Å². The van der Waals surface area contributed by atoms with Gasteiger partial charge >= 0.3 is 12.0 Å². The summed E-state index contributed by atoms with van der Waals surface area (Å²) < 4.78 is 1.63. The lowest BCUT2D eigenvalue weighted by molar-refractivity contribution is -0.137. The molecule has 0 fully saturated rings. The van der Waals surface area contributed by atoms with Gasteiger partial charge in [0, 0.05) is 25.7 Å². The fourth-order valence-electron chi connectivity index (χ4n) is 1.78. The number of carbonyl (C=O) groups excluding carboxylic acids is 1. The second kappa shape index (κ2) is 8.23. The number of carboxylic acid groups (broad SMARTS) is 1. The summed E-state index contributed by atoms with van der Waals surface area (Å²) >= 11 is 0. The molecule has 0 aliphatic heterocycles. The van der Waals surface area contributed by atoms with E-state index in [0.717, 1.165) is 6.42 Å². The number of amides is 2. The van der Waals surface area contributed by atoms with Gasteiger partial charge in [0.1, 0.15) is 0 Å². The van der Waals surface area contributed by atoms with E-state index in [1.54, 1.807) is 17.1 Å². The first-order chi connectivity index (χ1) is 9.89. The zero-order valence-electron chi connectivity index (χ0n) is 12.5. The van der Waals surface area contributed by atoms with Crippen LogP contribution in [0.2, 0.25) is 0 Å². The van der Waals surface area contributed by atoms with Gasteiger partial charge in [0.25, 0.3) is 0 Å². The maximum absolute atomic E-state index is 11.6. The minimum atomic E-state index is -0.790. The molecule has 0 saturated heterocycles. The minimum Gasteiger partial charge on any atom is -0.481 e. The van der Waals surface area contributed by atoms with Crippen LogP contribution in [0.15, 0.2) is 12.4 Å². The predicted octanol–water partition coefficient (Wildman–Crippen LogP) is 0.858. The van der Waals surface area contributed by atoms with E-state index in [1.807, 2.05) is 13.8 Å². The Hall–Kier alpha value is -2.12. The third-order valence-electron chi connectivity index (χ3n) is 3.20. The van der Waals surface area contributed by atoms with Crippen LogP contribution in [0.3, 0.4) is 0 Å². The summed E-state index contributed by atoms with van der Waals surface area (Å²) in [6.45, 7) is 5.55. The van der Waals surface area contributed by atoms with Crippen molar-refractivity contribution >= 4 is 12.0 Å². The molecular formula is C13H23N5O3. The fourth-order valence-corrected chi connectivity index (χ4v) is 1.78. The normalized spacial score (nSPS) is 11.1. The van der Waals surface area contributed by atoms with Crippen molar-refractivity contribution < 1.29 is 14.7 Å². The van der Waals surface area contributed by atoms with Crippen LogP contribution in [0, 0.1) is 5.41 Å². The third kappa shape index (κ3) is 7.91. The van der Waals surface area contributed by atoms with Gasteiger partial charge in [-0.15, -0.1) is 5.10 Å². The van der Waals surface area contributed by atoms with Gasteiger partial charge in [0.2, 0.25) is 0 Å². The Kier molecular flexibility index (Phi) is 6.64. The lowest BCUT2D eigenvalue weighted by atomic mass is 9.84. The van der Waals surface area contributed by atoms with Crippen LogP contribution in [0.1, 0.15) is 33.1 Å². The molecule has 0 unspecified atom stereocenters. The van der Waals surface area contributed by atoms with E-state index < -0.39 is 5.97 Å². The molecule has 118 valence electrons. The Morgan fingerprint density at radius 3 is 2.57 bits per heavy atom. The maximum atomic E-state index is 11.6. The molecule has 0 saturated carbocycles. The SMILES string of the molecule is CC(C)(CCNC(=O)NCCn1ccnn1)CCC(=O)O. The number of hydrogen-bond acceptors (Lipinski definition) is 4. The summed E-state index contributed by atoms with van der Waals surface area (Å²) in [5.74, 6) is -0.790. The molecule has 21 heavy (non-hydrogen) atoms. The van der Waals surface area contributed by atoms with Crippen LogP contribution in [0.4, 0.5) is 4.79 Å². The van der Waals surface area contributed by atoms with Gasteiger partial charge in [0.15, 0.2) is 0 Å². The number of nitrogens with zero attached hydrogens (tertiary/aromatic N) is 3. The van der Waals surface area contributed by atoms with Gasteiger partial charge in [-0.3, -0.25) is 9.48 Å². The van der Waals surface area contributed by atoms with Crippen molar-refractivity contribution in [2.45, 2.75) is 39.7 Å². The molecule has 3 N–H and O–H groups in total. The zero-order valence-corrected chi connectivity index (χ0v) is 12.5. The monoisotopic (exact) mass is 297 g/mol. The summed E-state index contributed by atoms with van der Waals surface area (Å²) in [5.41, 5.74) is -0.105. The quantitative estimate of drug-likeness (QED) is 0.626.